The van der Waals surface area contributed by atoms with Crippen LogP contribution in [0.2, 0.25) is 5.02 Å². The van der Waals surface area contributed by atoms with E-state index in [0.29, 0.717) is 10.8 Å². The van der Waals surface area contributed by atoms with Gasteiger partial charge in [-0.05, 0) is 6.07 Å². The molecule has 0 aromatic carbocycles. The molecule has 7 heteroatoms. The normalized spacial score (nSPS) is 10.2. The second kappa shape index (κ2) is 4.84. The van der Waals surface area contributed by atoms with E-state index in [1.54, 1.807) is 29.2 Å². The van der Waals surface area contributed by atoms with Crippen molar-refractivity contribution in [1.82, 2.24) is 14.8 Å². The lowest BCUT2D eigenvalue weighted by Crippen LogP contribution is -2.12. The van der Waals surface area contributed by atoms with Crippen molar-refractivity contribution < 1.29 is 9.53 Å². The van der Waals surface area contributed by atoms with Gasteiger partial charge in [-0.2, -0.15) is 5.10 Å². The van der Waals surface area contributed by atoms with Gasteiger partial charge in [0.25, 0.3) is 0 Å². The van der Waals surface area contributed by atoms with Crippen LogP contribution in [0.25, 0.3) is 5.82 Å². The van der Waals surface area contributed by atoms with Crippen LogP contribution in [0.3, 0.4) is 0 Å². The maximum Gasteiger partial charge on any atom is 0.404 e. The van der Waals surface area contributed by atoms with E-state index in [1.807, 2.05) is 0 Å². The molecule has 6 nitrogen and oxygen atoms in total. The smallest absolute Gasteiger partial charge is 0.404 e. The summed E-state index contributed by atoms with van der Waals surface area (Å²) in [6.45, 7) is 0.0997. The quantitative estimate of drug-likeness (QED) is 0.898. The molecule has 0 aliphatic carbocycles. The van der Waals surface area contributed by atoms with Crippen LogP contribution in [0, 0.1) is 0 Å². The maximum atomic E-state index is 10.4. The first-order valence-electron chi connectivity index (χ1n) is 4.73. The number of hydrogen-bond donors (Lipinski definition) is 1. The number of amides is 1. The lowest BCUT2D eigenvalue weighted by Gasteiger charge is -2.03. The SMILES string of the molecule is NC(=O)OCc1ccc(-n2cc(Cl)cn2)nc1. The van der Waals surface area contributed by atoms with E-state index in [-0.39, 0.29) is 6.61 Å². The Morgan fingerprint density at radius 2 is 2.29 bits per heavy atom. The Labute approximate surface area is 102 Å². The maximum absolute atomic E-state index is 10.4. The fraction of sp³-hybridized carbons (Fsp3) is 0.100. The zero-order valence-electron chi connectivity index (χ0n) is 8.71. The van der Waals surface area contributed by atoms with Gasteiger partial charge in [0.1, 0.15) is 6.61 Å². The van der Waals surface area contributed by atoms with E-state index in [0.717, 1.165) is 5.56 Å². The van der Waals surface area contributed by atoms with Gasteiger partial charge in [0.05, 0.1) is 17.4 Å². The Morgan fingerprint density at radius 3 is 2.82 bits per heavy atom. The summed E-state index contributed by atoms with van der Waals surface area (Å²) in [5, 5.41) is 4.54. The third kappa shape index (κ3) is 2.94. The molecule has 0 fully saturated rings. The van der Waals surface area contributed by atoms with Crippen molar-refractivity contribution >= 4 is 17.7 Å². The molecule has 88 valence electrons. The van der Waals surface area contributed by atoms with Gasteiger partial charge in [0, 0.05) is 11.8 Å². The van der Waals surface area contributed by atoms with E-state index in [1.165, 1.54) is 6.20 Å². The topological polar surface area (TPSA) is 83.0 Å². The molecule has 2 rings (SSSR count). The highest BCUT2D eigenvalue weighted by Gasteiger charge is 2.02. The van der Waals surface area contributed by atoms with Crippen LogP contribution in [0.4, 0.5) is 4.79 Å². The Hall–Kier alpha value is -2.08. The van der Waals surface area contributed by atoms with Crippen molar-refractivity contribution in [3.63, 3.8) is 0 Å². The molecule has 0 radical (unpaired) electrons. The summed E-state index contributed by atoms with van der Waals surface area (Å²) in [5.41, 5.74) is 5.60. The highest BCUT2D eigenvalue weighted by molar-refractivity contribution is 6.30. The molecule has 0 bridgehead atoms. The van der Waals surface area contributed by atoms with Crippen LogP contribution >= 0.6 is 11.6 Å². The van der Waals surface area contributed by atoms with Crippen LogP contribution < -0.4 is 5.73 Å². The molecule has 17 heavy (non-hydrogen) atoms. The van der Waals surface area contributed by atoms with Crippen molar-refractivity contribution in [2.45, 2.75) is 6.61 Å². The minimum atomic E-state index is -0.812. The van der Waals surface area contributed by atoms with Crippen LogP contribution in [-0.4, -0.2) is 20.9 Å². The highest BCUT2D eigenvalue weighted by atomic mass is 35.5. The number of carbonyl (C=O) groups is 1. The Morgan fingerprint density at radius 1 is 1.47 bits per heavy atom. The van der Waals surface area contributed by atoms with Crippen molar-refractivity contribution in [3.05, 3.63) is 41.3 Å². The third-order valence-electron chi connectivity index (χ3n) is 1.98. The standard InChI is InChI=1S/C10H9ClN4O2/c11-8-4-14-15(5-8)9-2-1-7(3-13-9)6-17-10(12)16/h1-5H,6H2,(H2,12,16). The van der Waals surface area contributed by atoms with Crippen LogP contribution in [0.5, 0.6) is 0 Å². The number of nitrogens with zero attached hydrogens (tertiary/aromatic N) is 3. The molecule has 0 atom stereocenters. The van der Waals surface area contributed by atoms with Crippen molar-refractivity contribution in [2.75, 3.05) is 0 Å². The molecule has 2 heterocycles. The summed E-state index contributed by atoms with van der Waals surface area (Å²) < 4.78 is 6.18. The molecule has 2 aromatic heterocycles. The second-order valence-electron chi connectivity index (χ2n) is 3.24. The van der Waals surface area contributed by atoms with Crippen LogP contribution in [0.1, 0.15) is 5.56 Å². The Balaban J connectivity index is 2.10. The number of primary amides is 1. The minimum Gasteiger partial charge on any atom is -0.445 e. The molecule has 0 unspecified atom stereocenters. The van der Waals surface area contributed by atoms with Crippen LogP contribution in [-0.2, 0) is 11.3 Å². The zero-order chi connectivity index (χ0) is 12.3. The number of nitrogens with two attached hydrogens (primary N) is 1. The molecule has 0 saturated carbocycles. The molecule has 1 amide bonds. The summed E-state index contributed by atoms with van der Waals surface area (Å²) in [6, 6.07) is 3.50. The van der Waals surface area contributed by atoms with E-state index in [4.69, 9.17) is 17.3 Å². The van der Waals surface area contributed by atoms with Gasteiger partial charge in [0.2, 0.25) is 0 Å². The number of hydrogen-bond acceptors (Lipinski definition) is 4. The van der Waals surface area contributed by atoms with Gasteiger partial charge in [0.15, 0.2) is 5.82 Å². The molecule has 2 aromatic rings. The molecular weight excluding hydrogens is 244 g/mol. The van der Waals surface area contributed by atoms with Crippen molar-refractivity contribution in [3.8, 4) is 5.82 Å². The molecule has 0 spiro atoms. The number of ether oxygens (including phenoxy) is 1. The summed E-state index contributed by atoms with van der Waals surface area (Å²) in [4.78, 5) is 14.6. The summed E-state index contributed by atoms with van der Waals surface area (Å²) in [6.07, 6.45) is 3.93. The predicted molar refractivity (Wildman–Crippen MR) is 60.7 cm³/mol. The highest BCUT2D eigenvalue weighted by Crippen LogP contribution is 2.10. The van der Waals surface area contributed by atoms with Crippen LogP contribution in [0.15, 0.2) is 30.7 Å². The van der Waals surface area contributed by atoms with Gasteiger partial charge in [-0.25, -0.2) is 14.5 Å². The zero-order valence-corrected chi connectivity index (χ0v) is 9.46. The lowest BCUT2D eigenvalue weighted by atomic mass is 10.3. The third-order valence-corrected chi connectivity index (χ3v) is 2.17. The Kier molecular flexibility index (Phi) is 3.24. The molecule has 2 N–H and O–H groups in total. The van der Waals surface area contributed by atoms with E-state index >= 15 is 0 Å². The number of aromatic nitrogens is 3. The second-order valence-corrected chi connectivity index (χ2v) is 3.67. The molecule has 0 aliphatic heterocycles. The van der Waals surface area contributed by atoms with E-state index in [2.05, 4.69) is 14.8 Å². The number of carbonyl (C=O) groups excluding carboxylic acids is 1. The van der Waals surface area contributed by atoms with Gasteiger partial charge in [-0.15, -0.1) is 0 Å². The first-order valence-corrected chi connectivity index (χ1v) is 5.10. The van der Waals surface area contributed by atoms with E-state index in [9.17, 15) is 4.79 Å². The van der Waals surface area contributed by atoms with E-state index < -0.39 is 6.09 Å². The number of rotatable bonds is 3. The largest absolute Gasteiger partial charge is 0.445 e. The van der Waals surface area contributed by atoms with Gasteiger partial charge < -0.3 is 10.5 Å². The average molecular weight is 253 g/mol. The first kappa shape index (κ1) is 11.4. The molecule has 0 aliphatic rings. The number of pyridine rings is 1. The first-order chi connectivity index (χ1) is 8.15. The monoisotopic (exact) mass is 252 g/mol. The predicted octanol–water partition coefficient (Wildman–Crippen LogP) is 1.52. The summed E-state index contributed by atoms with van der Waals surface area (Å²) in [5.74, 6) is 0.625. The average Bonchev–Trinajstić information content (AvgIpc) is 2.74. The summed E-state index contributed by atoms with van der Waals surface area (Å²) in [7, 11) is 0. The van der Waals surface area contributed by atoms with Gasteiger partial charge in [-0.3, -0.25) is 0 Å². The van der Waals surface area contributed by atoms with Gasteiger partial charge >= 0.3 is 6.09 Å². The summed E-state index contributed by atoms with van der Waals surface area (Å²) >= 11 is 5.74. The van der Waals surface area contributed by atoms with Crippen molar-refractivity contribution in [2.24, 2.45) is 5.73 Å². The minimum absolute atomic E-state index is 0.0997. The lowest BCUT2D eigenvalue weighted by molar-refractivity contribution is 0.150. The van der Waals surface area contributed by atoms with Crippen molar-refractivity contribution in [1.29, 1.82) is 0 Å². The Bertz CT molecular complexity index is 523. The molecule has 0 saturated heterocycles. The fourth-order valence-corrected chi connectivity index (χ4v) is 1.35. The fourth-order valence-electron chi connectivity index (χ4n) is 1.22. The van der Waals surface area contributed by atoms with Gasteiger partial charge in [-0.1, -0.05) is 17.7 Å². The molecular formula is C10H9ClN4O2. The number of halogens is 1.